The van der Waals surface area contributed by atoms with Crippen LogP contribution in [-0.4, -0.2) is 18.4 Å². The Morgan fingerprint density at radius 3 is 2.77 bits per heavy atom. The van der Waals surface area contributed by atoms with Crippen molar-refractivity contribution in [1.29, 1.82) is 0 Å². The van der Waals surface area contributed by atoms with Gasteiger partial charge in [-0.05, 0) is 37.1 Å². The second-order valence-electron chi connectivity index (χ2n) is 7.46. The quantitative estimate of drug-likeness (QED) is 0.731. The van der Waals surface area contributed by atoms with Crippen molar-refractivity contribution >= 4 is 17.6 Å². The summed E-state index contributed by atoms with van der Waals surface area (Å²) in [5, 5.41) is 0. The zero-order chi connectivity index (χ0) is 17.9. The molecule has 1 saturated carbocycles. The van der Waals surface area contributed by atoms with Crippen LogP contribution in [0, 0.1) is 5.82 Å². The molecule has 2 aromatic carbocycles. The van der Waals surface area contributed by atoms with E-state index in [1.807, 2.05) is 6.07 Å². The number of benzene rings is 2. The van der Waals surface area contributed by atoms with E-state index in [0.717, 1.165) is 31.2 Å². The molecule has 3 aliphatic rings. The Hall–Kier alpha value is -2.69. The fraction of sp³-hybridized carbons (Fsp3) is 0.333. The minimum atomic E-state index is -0.394. The van der Waals surface area contributed by atoms with E-state index in [0.29, 0.717) is 28.9 Å². The number of hydrogen-bond donors (Lipinski definition) is 0. The summed E-state index contributed by atoms with van der Waals surface area (Å²) in [6.45, 7) is 0.757. The minimum absolute atomic E-state index is 0.192. The summed E-state index contributed by atoms with van der Waals surface area (Å²) >= 11 is 0. The molecule has 5 rings (SSSR count). The maximum Gasteiger partial charge on any atom is 0.338 e. The van der Waals surface area contributed by atoms with Gasteiger partial charge in [0.2, 0.25) is 0 Å². The lowest BCUT2D eigenvalue weighted by Gasteiger charge is -2.25. The van der Waals surface area contributed by atoms with Gasteiger partial charge < -0.3 is 9.64 Å². The maximum absolute atomic E-state index is 14.7. The molecule has 0 radical (unpaired) electrons. The average molecular weight is 351 g/mol. The number of carbonyl (C=O) groups excluding carboxylic acids is 2. The highest BCUT2D eigenvalue weighted by Crippen LogP contribution is 2.51. The van der Waals surface area contributed by atoms with Crippen molar-refractivity contribution < 1.29 is 18.7 Å². The van der Waals surface area contributed by atoms with Gasteiger partial charge in [0, 0.05) is 28.7 Å². The lowest BCUT2D eigenvalue weighted by Crippen LogP contribution is -2.35. The lowest BCUT2D eigenvalue weighted by molar-refractivity contribution is 0.0535. The second kappa shape index (κ2) is 5.40. The van der Waals surface area contributed by atoms with E-state index in [1.165, 1.54) is 6.07 Å². The number of anilines is 1. The van der Waals surface area contributed by atoms with Gasteiger partial charge in [0.15, 0.2) is 0 Å². The van der Waals surface area contributed by atoms with Crippen LogP contribution in [0.2, 0.25) is 0 Å². The SMILES string of the molecule is O=C1OCc2ccc(C(=O)N3CC4(CCCC4)c4c(F)cccc43)cc21. The predicted octanol–water partition coefficient (Wildman–Crippen LogP) is 3.97. The zero-order valence-electron chi connectivity index (χ0n) is 14.3. The monoisotopic (exact) mass is 351 g/mol. The van der Waals surface area contributed by atoms with Crippen molar-refractivity contribution in [2.45, 2.75) is 37.7 Å². The summed E-state index contributed by atoms with van der Waals surface area (Å²) < 4.78 is 19.7. The summed E-state index contributed by atoms with van der Waals surface area (Å²) in [7, 11) is 0. The normalized spacial score (nSPS) is 19.6. The van der Waals surface area contributed by atoms with Gasteiger partial charge in [-0.25, -0.2) is 9.18 Å². The van der Waals surface area contributed by atoms with Crippen molar-refractivity contribution in [2.24, 2.45) is 0 Å². The van der Waals surface area contributed by atoms with E-state index >= 15 is 0 Å². The number of cyclic esters (lactones) is 1. The first-order valence-electron chi connectivity index (χ1n) is 9.00. The molecule has 0 aromatic heterocycles. The summed E-state index contributed by atoms with van der Waals surface area (Å²) in [6, 6.07) is 10.1. The van der Waals surface area contributed by atoms with Gasteiger partial charge in [0.25, 0.3) is 5.91 Å². The van der Waals surface area contributed by atoms with Crippen LogP contribution in [0.3, 0.4) is 0 Å². The molecule has 4 nitrogen and oxygen atoms in total. The zero-order valence-corrected chi connectivity index (χ0v) is 14.3. The molecule has 1 amide bonds. The van der Waals surface area contributed by atoms with Crippen LogP contribution in [-0.2, 0) is 16.8 Å². The van der Waals surface area contributed by atoms with E-state index in [2.05, 4.69) is 0 Å². The number of fused-ring (bicyclic) bond motifs is 3. The average Bonchev–Trinajstić information content (AvgIpc) is 3.35. The number of carbonyl (C=O) groups is 2. The van der Waals surface area contributed by atoms with Crippen LogP contribution in [0.25, 0.3) is 0 Å². The van der Waals surface area contributed by atoms with Crippen LogP contribution < -0.4 is 4.90 Å². The van der Waals surface area contributed by atoms with Crippen molar-refractivity contribution in [3.8, 4) is 0 Å². The van der Waals surface area contributed by atoms with Gasteiger partial charge in [-0.3, -0.25) is 4.79 Å². The topological polar surface area (TPSA) is 46.6 Å². The van der Waals surface area contributed by atoms with Gasteiger partial charge >= 0.3 is 5.97 Å². The van der Waals surface area contributed by atoms with Crippen molar-refractivity contribution in [3.63, 3.8) is 0 Å². The van der Waals surface area contributed by atoms with Crippen molar-refractivity contribution in [3.05, 3.63) is 64.5 Å². The number of halogens is 1. The largest absolute Gasteiger partial charge is 0.457 e. The number of hydrogen-bond acceptors (Lipinski definition) is 3. The summed E-state index contributed by atoms with van der Waals surface area (Å²) in [5.41, 5.74) is 2.77. The molecule has 132 valence electrons. The molecular formula is C21H18FNO3. The van der Waals surface area contributed by atoms with Crippen LogP contribution in [0.5, 0.6) is 0 Å². The molecule has 1 aliphatic carbocycles. The van der Waals surface area contributed by atoms with Gasteiger partial charge in [-0.1, -0.05) is 25.0 Å². The lowest BCUT2D eigenvalue weighted by atomic mass is 9.80. The number of amides is 1. The predicted molar refractivity (Wildman–Crippen MR) is 93.8 cm³/mol. The Morgan fingerprint density at radius 1 is 1.15 bits per heavy atom. The van der Waals surface area contributed by atoms with E-state index in [9.17, 15) is 14.0 Å². The number of rotatable bonds is 1. The molecule has 0 saturated heterocycles. The van der Waals surface area contributed by atoms with Crippen LogP contribution in [0.4, 0.5) is 10.1 Å². The van der Waals surface area contributed by atoms with Gasteiger partial charge in [0.05, 0.1) is 11.3 Å². The number of nitrogens with zero attached hydrogens (tertiary/aromatic N) is 1. The number of ether oxygens (including phenoxy) is 1. The Morgan fingerprint density at radius 2 is 1.96 bits per heavy atom. The molecule has 5 heteroatoms. The molecule has 26 heavy (non-hydrogen) atoms. The van der Waals surface area contributed by atoms with Crippen LogP contribution >= 0.6 is 0 Å². The highest BCUT2D eigenvalue weighted by atomic mass is 19.1. The molecule has 1 spiro atoms. The van der Waals surface area contributed by atoms with Crippen molar-refractivity contribution in [2.75, 3.05) is 11.4 Å². The molecule has 0 bridgehead atoms. The Bertz CT molecular complexity index is 946. The fourth-order valence-electron chi connectivity index (χ4n) is 4.77. The third kappa shape index (κ3) is 2.06. The van der Waals surface area contributed by atoms with E-state index in [4.69, 9.17) is 4.74 Å². The molecule has 2 heterocycles. The molecule has 2 aliphatic heterocycles. The van der Waals surface area contributed by atoms with Gasteiger partial charge in [-0.2, -0.15) is 0 Å². The smallest absolute Gasteiger partial charge is 0.338 e. The minimum Gasteiger partial charge on any atom is -0.457 e. The Kier molecular flexibility index (Phi) is 3.23. The molecular weight excluding hydrogens is 333 g/mol. The fourth-order valence-corrected chi connectivity index (χ4v) is 4.77. The highest BCUT2D eigenvalue weighted by Gasteiger charge is 2.48. The molecule has 0 unspecified atom stereocenters. The second-order valence-corrected chi connectivity index (χ2v) is 7.46. The summed E-state index contributed by atoms with van der Waals surface area (Å²) in [5.74, 6) is -0.810. The molecule has 2 aromatic rings. The Labute approximate surface area is 150 Å². The van der Waals surface area contributed by atoms with Gasteiger partial charge in [-0.15, -0.1) is 0 Å². The first-order valence-corrected chi connectivity index (χ1v) is 9.00. The maximum atomic E-state index is 14.7. The van der Waals surface area contributed by atoms with E-state index in [-0.39, 0.29) is 23.7 Å². The molecule has 1 fully saturated rings. The Balaban J connectivity index is 1.57. The van der Waals surface area contributed by atoms with Crippen LogP contribution in [0.1, 0.15) is 57.5 Å². The standard InChI is InChI=1S/C21H18FNO3/c22-16-4-3-5-17-18(16)21(8-1-2-9-21)12-23(17)19(24)13-6-7-14-11-26-20(25)15(14)10-13/h3-7,10H,1-2,8-9,11-12H2. The first kappa shape index (κ1) is 15.6. The third-order valence-electron chi connectivity index (χ3n) is 6.01. The van der Waals surface area contributed by atoms with Crippen molar-refractivity contribution in [1.82, 2.24) is 0 Å². The van der Waals surface area contributed by atoms with Gasteiger partial charge in [0.1, 0.15) is 12.4 Å². The molecule has 0 atom stereocenters. The number of esters is 1. The first-order chi connectivity index (χ1) is 12.6. The summed E-state index contributed by atoms with van der Waals surface area (Å²) in [6.07, 6.45) is 3.92. The highest BCUT2D eigenvalue weighted by molar-refractivity contribution is 6.09. The summed E-state index contributed by atoms with van der Waals surface area (Å²) in [4.78, 5) is 26.7. The third-order valence-corrected chi connectivity index (χ3v) is 6.01. The van der Waals surface area contributed by atoms with E-state index < -0.39 is 5.97 Å². The molecule has 0 N–H and O–H groups in total. The van der Waals surface area contributed by atoms with E-state index in [1.54, 1.807) is 29.2 Å². The van der Waals surface area contributed by atoms with Crippen LogP contribution in [0.15, 0.2) is 36.4 Å².